The van der Waals surface area contributed by atoms with Crippen LogP contribution in [0.25, 0.3) is 16.9 Å². The molecule has 128 valence electrons. The Hall–Kier alpha value is -3.34. The Morgan fingerprint density at radius 1 is 1.08 bits per heavy atom. The standard InChI is InChI=1S/C21H16FN3O/c1-14(26)16-3-2-4-17(12-16)20-13-23-21-10-9-19(24-25(20)21)11-15-5-7-18(22)8-6-15/h2-10,12-13H,11H2,1H3. The maximum absolute atomic E-state index is 13.1. The molecule has 0 amide bonds. The van der Waals surface area contributed by atoms with Crippen molar-refractivity contribution < 1.29 is 9.18 Å². The highest BCUT2D eigenvalue weighted by atomic mass is 19.1. The summed E-state index contributed by atoms with van der Waals surface area (Å²) in [6.07, 6.45) is 2.35. The summed E-state index contributed by atoms with van der Waals surface area (Å²) in [5.74, 6) is -0.231. The normalized spacial score (nSPS) is 11.0. The molecule has 0 N–H and O–H groups in total. The van der Waals surface area contributed by atoms with Crippen LogP contribution in [0.3, 0.4) is 0 Å². The van der Waals surface area contributed by atoms with Crippen LogP contribution in [-0.2, 0) is 6.42 Å². The Morgan fingerprint density at radius 2 is 1.88 bits per heavy atom. The molecule has 0 saturated heterocycles. The zero-order chi connectivity index (χ0) is 18.1. The first-order valence-corrected chi connectivity index (χ1v) is 8.29. The summed E-state index contributed by atoms with van der Waals surface area (Å²) in [7, 11) is 0. The fourth-order valence-corrected chi connectivity index (χ4v) is 2.91. The smallest absolute Gasteiger partial charge is 0.159 e. The number of benzene rings is 2. The SMILES string of the molecule is CC(=O)c1cccc(-c2cnc3ccc(Cc4ccc(F)cc4)nn23)c1. The Kier molecular flexibility index (Phi) is 4.05. The Bertz CT molecular complexity index is 1100. The number of hydrogen-bond acceptors (Lipinski definition) is 3. The molecular weight excluding hydrogens is 329 g/mol. The lowest BCUT2D eigenvalue weighted by atomic mass is 10.1. The number of carbonyl (C=O) groups excluding carboxylic acids is 1. The van der Waals surface area contributed by atoms with Crippen LogP contribution < -0.4 is 0 Å². The van der Waals surface area contributed by atoms with Crippen molar-refractivity contribution in [2.75, 3.05) is 0 Å². The van der Waals surface area contributed by atoms with Gasteiger partial charge in [-0.1, -0.05) is 30.3 Å². The number of rotatable bonds is 4. The van der Waals surface area contributed by atoms with E-state index in [0.717, 1.165) is 28.2 Å². The molecule has 4 aromatic rings. The molecule has 0 fully saturated rings. The van der Waals surface area contributed by atoms with E-state index < -0.39 is 0 Å². The predicted octanol–water partition coefficient (Wildman–Crippen LogP) is 4.33. The van der Waals surface area contributed by atoms with Gasteiger partial charge in [0.15, 0.2) is 11.4 Å². The second-order valence-corrected chi connectivity index (χ2v) is 6.18. The van der Waals surface area contributed by atoms with Crippen LogP contribution in [-0.4, -0.2) is 20.4 Å². The van der Waals surface area contributed by atoms with Gasteiger partial charge in [-0.2, -0.15) is 5.10 Å². The van der Waals surface area contributed by atoms with Crippen LogP contribution in [0.5, 0.6) is 0 Å². The maximum atomic E-state index is 13.1. The van der Waals surface area contributed by atoms with Crippen LogP contribution in [0, 0.1) is 5.82 Å². The van der Waals surface area contributed by atoms with Crippen LogP contribution >= 0.6 is 0 Å². The van der Waals surface area contributed by atoms with Crippen LogP contribution in [0.2, 0.25) is 0 Å². The van der Waals surface area contributed by atoms with Gasteiger partial charge in [0.2, 0.25) is 0 Å². The number of halogens is 1. The van der Waals surface area contributed by atoms with Crippen molar-refractivity contribution >= 4 is 11.4 Å². The molecule has 0 bridgehead atoms. The maximum Gasteiger partial charge on any atom is 0.159 e. The molecule has 0 atom stereocenters. The van der Waals surface area contributed by atoms with Gasteiger partial charge in [0.1, 0.15) is 5.82 Å². The molecule has 0 aliphatic heterocycles. The van der Waals surface area contributed by atoms with Crippen molar-refractivity contribution in [2.45, 2.75) is 13.3 Å². The quantitative estimate of drug-likeness (QED) is 0.517. The average Bonchev–Trinajstić information content (AvgIpc) is 3.07. The van der Waals surface area contributed by atoms with E-state index in [2.05, 4.69) is 10.1 Å². The van der Waals surface area contributed by atoms with Gasteiger partial charge in [0, 0.05) is 17.5 Å². The second kappa shape index (κ2) is 6.52. The summed E-state index contributed by atoms with van der Waals surface area (Å²) < 4.78 is 14.8. The molecular formula is C21H16FN3O. The molecule has 0 aliphatic rings. The van der Waals surface area contributed by atoms with Crippen molar-refractivity contribution in [1.82, 2.24) is 14.6 Å². The van der Waals surface area contributed by atoms with Crippen molar-refractivity contribution in [2.24, 2.45) is 0 Å². The molecule has 0 aliphatic carbocycles. The predicted molar refractivity (Wildman–Crippen MR) is 97.6 cm³/mol. The monoisotopic (exact) mass is 345 g/mol. The highest BCUT2D eigenvalue weighted by molar-refractivity contribution is 5.95. The van der Waals surface area contributed by atoms with Crippen molar-refractivity contribution in [3.63, 3.8) is 0 Å². The highest BCUT2D eigenvalue weighted by Gasteiger charge is 2.10. The Labute approximate surface area is 149 Å². The van der Waals surface area contributed by atoms with Gasteiger partial charge in [-0.05, 0) is 42.8 Å². The van der Waals surface area contributed by atoms with Gasteiger partial charge in [0.05, 0.1) is 17.6 Å². The first-order valence-electron chi connectivity index (χ1n) is 8.29. The number of fused-ring (bicyclic) bond motifs is 1. The largest absolute Gasteiger partial charge is 0.295 e. The van der Waals surface area contributed by atoms with Crippen LogP contribution in [0.1, 0.15) is 28.5 Å². The minimum Gasteiger partial charge on any atom is -0.295 e. The minimum absolute atomic E-state index is 0.0191. The lowest BCUT2D eigenvalue weighted by Crippen LogP contribution is -2.01. The zero-order valence-corrected chi connectivity index (χ0v) is 14.2. The summed E-state index contributed by atoms with van der Waals surface area (Å²) in [6.45, 7) is 1.55. The average molecular weight is 345 g/mol. The molecule has 5 heteroatoms. The number of hydrogen-bond donors (Lipinski definition) is 0. The van der Waals surface area contributed by atoms with Crippen molar-refractivity contribution in [1.29, 1.82) is 0 Å². The van der Waals surface area contributed by atoms with Gasteiger partial charge in [0.25, 0.3) is 0 Å². The fourth-order valence-electron chi connectivity index (χ4n) is 2.91. The third-order valence-electron chi connectivity index (χ3n) is 4.28. The van der Waals surface area contributed by atoms with E-state index in [-0.39, 0.29) is 11.6 Å². The van der Waals surface area contributed by atoms with Gasteiger partial charge >= 0.3 is 0 Å². The van der Waals surface area contributed by atoms with Gasteiger partial charge < -0.3 is 0 Å². The van der Waals surface area contributed by atoms with Crippen LogP contribution in [0.15, 0.2) is 66.9 Å². The molecule has 26 heavy (non-hydrogen) atoms. The summed E-state index contributed by atoms with van der Waals surface area (Å²) in [6, 6.07) is 17.7. The van der Waals surface area contributed by atoms with E-state index in [4.69, 9.17) is 0 Å². The van der Waals surface area contributed by atoms with Crippen molar-refractivity contribution in [3.8, 4) is 11.3 Å². The second-order valence-electron chi connectivity index (χ2n) is 6.18. The number of Topliss-reactive ketones (excluding diaryl/α,β-unsaturated/α-hetero) is 1. The molecule has 4 nitrogen and oxygen atoms in total. The molecule has 0 radical (unpaired) electrons. The van der Waals surface area contributed by atoms with Gasteiger partial charge in [-0.15, -0.1) is 0 Å². The van der Waals surface area contributed by atoms with E-state index in [1.54, 1.807) is 35.8 Å². The summed E-state index contributed by atoms with van der Waals surface area (Å²) in [4.78, 5) is 16.0. The van der Waals surface area contributed by atoms with E-state index in [9.17, 15) is 9.18 Å². The Morgan fingerprint density at radius 3 is 2.65 bits per heavy atom. The lowest BCUT2D eigenvalue weighted by Gasteiger charge is -2.06. The summed E-state index contributed by atoms with van der Waals surface area (Å²) in [5.41, 5.74) is 4.93. The number of nitrogens with zero attached hydrogens (tertiary/aromatic N) is 3. The molecule has 0 saturated carbocycles. The fraction of sp³-hybridized carbons (Fsp3) is 0.0952. The highest BCUT2D eigenvalue weighted by Crippen LogP contribution is 2.22. The first-order chi connectivity index (χ1) is 12.6. The molecule has 4 rings (SSSR count). The van der Waals surface area contributed by atoms with E-state index in [1.165, 1.54) is 12.1 Å². The molecule has 0 unspecified atom stereocenters. The van der Waals surface area contributed by atoms with Gasteiger partial charge in [-0.3, -0.25) is 4.79 Å². The molecule has 0 spiro atoms. The summed E-state index contributed by atoms with van der Waals surface area (Å²) >= 11 is 0. The summed E-state index contributed by atoms with van der Waals surface area (Å²) in [5, 5.41) is 4.68. The molecule has 2 aromatic carbocycles. The third-order valence-corrected chi connectivity index (χ3v) is 4.28. The molecule has 2 heterocycles. The van der Waals surface area contributed by atoms with E-state index in [0.29, 0.717) is 12.0 Å². The Balaban J connectivity index is 1.74. The van der Waals surface area contributed by atoms with E-state index >= 15 is 0 Å². The number of aromatic nitrogens is 3. The lowest BCUT2D eigenvalue weighted by molar-refractivity contribution is 0.101. The number of carbonyl (C=O) groups is 1. The zero-order valence-electron chi connectivity index (χ0n) is 14.2. The van der Waals surface area contributed by atoms with Crippen LogP contribution in [0.4, 0.5) is 4.39 Å². The molecule has 2 aromatic heterocycles. The van der Waals surface area contributed by atoms with Gasteiger partial charge in [-0.25, -0.2) is 13.9 Å². The van der Waals surface area contributed by atoms with E-state index in [1.807, 2.05) is 30.3 Å². The first kappa shape index (κ1) is 16.1. The van der Waals surface area contributed by atoms with Crippen molar-refractivity contribution in [3.05, 3.63) is 89.5 Å². The minimum atomic E-state index is -0.251. The number of ketones is 1. The topological polar surface area (TPSA) is 47.3 Å². The third kappa shape index (κ3) is 3.11. The number of imidazole rings is 1.